The van der Waals surface area contributed by atoms with Crippen molar-refractivity contribution in [2.24, 2.45) is 0 Å². The van der Waals surface area contributed by atoms with Crippen LogP contribution in [0.15, 0.2) is 40.9 Å². The van der Waals surface area contributed by atoms with Gasteiger partial charge in [-0.3, -0.25) is 0 Å². The SMILES string of the molecule is COc1ccc(NC(C)c2ccc(C)cc2OC)cc1Br. The predicted molar refractivity (Wildman–Crippen MR) is 90.5 cm³/mol. The summed E-state index contributed by atoms with van der Waals surface area (Å²) in [5, 5.41) is 3.48. The minimum atomic E-state index is 0.140. The fourth-order valence-corrected chi connectivity index (χ4v) is 2.80. The molecule has 0 radical (unpaired) electrons. The van der Waals surface area contributed by atoms with Gasteiger partial charge in [0.15, 0.2) is 0 Å². The van der Waals surface area contributed by atoms with Crippen LogP contribution in [0.4, 0.5) is 5.69 Å². The molecule has 0 aliphatic carbocycles. The molecule has 112 valence electrons. The van der Waals surface area contributed by atoms with Gasteiger partial charge in [0.1, 0.15) is 11.5 Å². The van der Waals surface area contributed by atoms with Gasteiger partial charge < -0.3 is 14.8 Å². The number of hydrogen-bond acceptors (Lipinski definition) is 3. The fourth-order valence-electron chi connectivity index (χ4n) is 2.26. The van der Waals surface area contributed by atoms with Gasteiger partial charge >= 0.3 is 0 Å². The van der Waals surface area contributed by atoms with Crippen LogP contribution in [-0.2, 0) is 0 Å². The molecular formula is C17H20BrNO2. The van der Waals surface area contributed by atoms with Crippen LogP contribution in [0.5, 0.6) is 11.5 Å². The highest BCUT2D eigenvalue weighted by Crippen LogP contribution is 2.32. The van der Waals surface area contributed by atoms with Gasteiger partial charge in [-0.05, 0) is 59.6 Å². The van der Waals surface area contributed by atoms with Crippen molar-refractivity contribution in [1.29, 1.82) is 0 Å². The number of aryl methyl sites for hydroxylation is 1. The minimum Gasteiger partial charge on any atom is -0.496 e. The maximum atomic E-state index is 5.48. The van der Waals surface area contributed by atoms with E-state index in [-0.39, 0.29) is 6.04 Å². The normalized spacial score (nSPS) is 11.9. The summed E-state index contributed by atoms with van der Waals surface area (Å²) in [5.74, 6) is 1.73. The van der Waals surface area contributed by atoms with E-state index < -0.39 is 0 Å². The van der Waals surface area contributed by atoms with Crippen molar-refractivity contribution in [3.8, 4) is 11.5 Å². The first-order chi connectivity index (χ1) is 10.0. The summed E-state index contributed by atoms with van der Waals surface area (Å²) in [6, 6.07) is 12.3. The summed E-state index contributed by atoms with van der Waals surface area (Å²) in [7, 11) is 3.36. The quantitative estimate of drug-likeness (QED) is 0.828. The first-order valence-electron chi connectivity index (χ1n) is 6.79. The van der Waals surface area contributed by atoms with E-state index >= 15 is 0 Å². The Balaban J connectivity index is 2.21. The van der Waals surface area contributed by atoms with E-state index in [0.717, 1.165) is 27.2 Å². The van der Waals surface area contributed by atoms with E-state index in [1.807, 2.05) is 18.2 Å². The summed E-state index contributed by atoms with van der Waals surface area (Å²) >= 11 is 3.50. The number of halogens is 1. The van der Waals surface area contributed by atoms with Gasteiger partial charge in [0, 0.05) is 11.3 Å². The van der Waals surface area contributed by atoms with Crippen LogP contribution in [0, 0.1) is 6.92 Å². The van der Waals surface area contributed by atoms with Crippen LogP contribution in [0.2, 0.25) is 0 Å². The Morgan fingerprint density at radius 3 is 2.33 bits per heavy atom. The molecule has 0 bridgehead atoms. The fraction of sp³-hybridized carbons (Fsp3) is 0.294. The van der Waals surface area contributed by atoms with Crippen LogP contribution >= 0.6 is 15.9 Å². The topological polar surface area (TPSA) is 30.5 Å². The van der Waals surface area contributed by atoms with Crippen molar-refractivity contribution >= 4 is 21.6 Å². The smallest absolute Gasteiger partial charge is 0.133 e. The summed E-state index contributed by atoms with van der Waals surface area (Å²) in [6.07, 6.45) is 0. The molecule has 1 N–H and O–H groups in total. The maximum absolute atomic E-state index is 5.48. The first-order valence-corrected chi connectivity index (χ1v) is 7.59. The number of hydrogen-bond donors (Lipinski definition) is 1. The summed E-state index contributed by atoms with van der Waals surface area (Å²) in [4.78, 5) is 0. The van der Waals surface area contributed by atoms with E-state index in [1.54, 1.807) is 14.2 Å². The van der Waals surface area contributed by atoms with Crippen LogP contribution < -0.4 is 14.8 Å². The van der Waals surface area contributed by atoms with Crippen LogP contribution in [0.1, 0.15) is 24.1 Å². The van der Waals surface area contributed by atoms with Crippen molar-refractivity contribution in [2.75, 3.05) is 19.5 Å². The molecule has 0 saturated heterocycles. The second-order valence-corrected chi connectivity index (χ2v) is 5.82. The van der Waals surface area contributed by atoms with E-state index in [0.29, 0.717) is 0 Å². The molecule has 3 nitrogen and oxygen atoms in total. The molecule has 2 rings (SSSR count). The Kier molecular flexibility index (Phi) is 5.12. The third kappa shape index (κ3) is 3.70. The van der Waals surface area contributed by atoms with Crippen molar-refractivity contribution in [1.82, 2.24) is 0 Å². The zero-order chi connectivity index (χ0) is 15.4. The second-order valence-electron chi connectivity index (χ2n) is 4.96. The molecule has 2 aromatic rings. The van der Waals surface area contributed by atoms with E-state index in [4.69, 9.17) is 9.47 Å². The number of anilines is 1. The molecule has 1 unspecified atom stereocenters. The molecular weight excluding hydrogens is 330 g/mol. The second kappa shape index (κ2) is 6.85. The molecule has 4 heteroatoms. The average Bonchev–Trinajstić information content (AvgIpc) is 2.47. The third-order valence-electron chi connectivity index (χ3n) is 3.39. The number of benzene rings is 2. The Bertz CT molecular complexity index is 628. The Morgan fingerprint density at radius 2 is 1.71 bits per heavy atom. The molecule has 0 spiro atoms. The lowest BCUT2D eigenvalue weighted by atomic mass is 10.0. The maximum Gasteiger partial charge on any atom is 0.133 e. The van der Waals surface area contributed by atoms with Crippen molar-refractivity contribution in [3.05, 3.63) is 52.0 Å². The number of methoxy groups -OCH3 is 2. The summed E-state index contributed by atoms with van der Waals surface area (Å²) in [6.45, 7) is 4.18. The molecule has 2 aromatic carbocycles. The van der Waals surface area contributed by atoms with Crippen LogP contribution in [0.3, 0.4) is 0 Å². The van der Waals surface area contributed by atoms with Crippen molar-refractivity contribution in [3.63, 3.8) is 0 Å². The minimum absolute atomic E-state index is 0.140. The molecule has 1 atom stereocenters. The monoisotopic (exact) mass is 349 g/mol. The van der Waals surface area contributed by atoms with Gasteiger partial charge in [-0.1, -0.05) is 12.1 Å². The van der Waals surface area contributed by atoms with Crippen LogP contribution in [-0.4, -0.2) is 14.2 Å². The number of nitrogens with one attached hydrogen (secondary N) is 1. The average molecular weight is 350 g/mol. The van der Waals surface area contributed by atoms with Gasteiger partial charge in [0.25, 0.3) is 0 Å². The van der Waals surface area contributed by atoms with Gasteiger partial charge in [-0.25, -0.2) is 0 Å². The lowest BCUT2D eigenvalue weighted by Gasteiger charge is -2.19. The number of ether oxygens (including phenoxy) is 2. The largest absolute Gasteiger partial charge is 0.496 e. The molecule has 0 amide bonds. The van der Waals surface area contributed by atoms with Gasteiger partial charge in [-0.2, -0.15) is 0 Å². The zero-order valence-corrected chi connectivity index (χ0v) is 14.3. The van der Waals surface area contributed by atoms with Crippen molar-refractivity contribution < 1.29 is 9.47 Å². The standard InChI is InChI=1S/C17H20BrNO2/c1-11-5-7-14(17(9-11)21-4)12(2)19-13-6-8-16(20-3)15(18)10-13/h5-10,12,19H,1-4H3. The van der Waals surface area contributed by atoms with Crippen molar-refractivity contribution in [2.45, 2.75) is 19.9 Å². The number of rotatable bonds is 5. The lowest BCUT2D eigenvalue weighted by Crippen LogP contribution is -2.08. The lowest BCUT2D eigenvalue weighted by molar-refractivity contribution is 0.407. The molecule has 0 aromatic heterocycles. The third-order valence-corrected chi connectivity index (χ3v) is 4.01. The highest BCUT2D eigenvalue weighted by atomic mass is 79.9. The first kappa shape index (κ1) is 15.7. The zero-order valence-electron chi connectivity index (χ0n) is 12.7. The summed E-state index contributed by atoms with van der Waals surface area (Å²) < 4.78 is 11.6. The molecule has 0 fully saturated rings. The Morgan fingerprint density at radius 1 is 1.00 bits per heavy atom. The highest BCUT2D eigenvalue weighted by Gasteiger charge is 2.12. The Labute approximate surface area is 134 Å². The molecule has 21 heavy (non-hydrogen) atoms. The van der Waals surface area contributed by atoms with E-state index in [9.17, 15) is 0 Å². The van der Waals surface area contributed by atoms with E-state index in [2.05, 4.69) is 53.3 Å². The molecule has 0 saturated carbocycles. The van der Waals surface area contributed by atoms with Gasteiger partial charge in [-0.15, -0.1) is 0 Å². The van der Waals surface area contributed by atoms with E-state index in [1.165, 1.54) is 5.56 Å². The summed E-state index contributed by atoms with van der Waals surface area (Å²) in [5.41, 5.74) is 3.35. The van der Waals surface area contributed by atoms with Gasteiger partial charge in [0.2, 0.25) is 0 Å². The Hall–Kier alpha value is -1.68. The van der Waals surface area contributed by atoms with Crippen LogP contribution in [0.25, 0.3) is 0 Å². The van der Waals surface area contributed by atoms with Gasteiger partial charge in [0.05, 0.1) is 24.7 Å². The highest BCUT2D eigenvalue weighted by molar-refractivity contribution is 9.10. The molecule has 0 heterocycles. The molecule has 0 aliphatic rings. The predicted octanol–water partition coefficient (Wildman–Crippen LogP) is 4.95. The molecule has 0 aliphatic heterocycles.